The second kappa shape index (κ2) is 5.17. The van der Waals surface area contributed by atoms with Gasteiger partial charge in [-0.1, -0.05) is 23.7 Å². The minimum atomic E-state index is -0.206. The summed E-state index contributed by atoms with van der Waals surface area (Å²) in [5.41, 5.74) is 0.970. The van der Waals surface area contributed by atoms with Crippen molar-refractivity contribution >= 4 is 24.0 Å². The van der Waals surface area contributed by atoms with Crippen LogP contribution in [0.3, 0.4) is 0 Å². The lowest BCUT2D eigenvalue weighted by Gasteiger charge is -2.34. The summed E-state index contributed by atoms with van der Waals surface area (Å²) in [5.74, 6) is 0. The van der Waals surface area contributed by atoms with Gasteiger partial charge in [-0.15, -0.1) is 12.4 Å². The maximum Gasteiger partial charge on any atom is 0.103 e. The Morgan fingerprint density at radius 3 is 2.53 bits per heavy atom. The van der Waals surface area contributed by atoms with Gasteiger partial charge in [-0.2, -0.15) is 0 Å². The van der Waals surface area contributed by atoms with Gasteiger partial charge in [0.15, 0.2) is 0 Å². The first-order valence-corrected chi connectivity index (χ1v) is 5.19. The van der Waals surface area contributed by atoms with E-state index in [2.05, 4.69) is 12.2 Å². The van der Waals surface area contributed by atoms with Gasteiger partial charge in [-0.25, -0.2) is 0 Å². The molecule has 0 radical (unpaired) electrons. The Labute approximate surface area is 101 Å². The van der Waals surface area contributed by atoms with Gasteiger partial charge < -0.3 is 10.1 Å². The van der Waals surface area contributed by atoms with Gasteiger partial charge in [0.05, 0.1) is 6.61 Å². The quantitative estimate of drug-likeness (QED) is 0.824. The molecule has 15 heavy (non-hydrogen) atoms. The van der Waals surface area contributed by atoms with Crippen LogP contribution in [-0.2, 0) is 10.3 Å². The van der Waals surface area contributed by atoms with Crippen molar-refractivity contribution in [2.24, 2.45) is 0 Å². The highest BCUT2D eigenvalue weighted by molar-refractivity contribution is 6.30. The van der Waals surface area contributed by atoms with Crippen molar-refractivity contribution in [1.29, 1.82) is 0 Å². The molecular formula is C11H15Cl2NO. The molecule has 1 atom stereocenters. The van der Waals surface area contributed by atoms with Crippen LogP contribution in [0.4, 0.5) is 0 Å². The van der Waals surface area contributed by atoms with E-state index in [1.54, 1.807) is 0 Å². The minimum Gasteiger partial charge on any atom is -0.368 e. The number of halogens is 2. The van der Waals surface area contributed by atoms with Crippen LogP contribution in [0.25, 0.3) is 0 Å². The zero-order valence-corrected chi connectivity index (χ0v) is 10.2. The van der Waals surface area contributed by atoms with Crippen molar-refractivity contribution in [2.45, 2.75) is 12.5 Å². The molecule has 0 aromatic heterocycles. The highest BCUT2D eigenvalue weighted by atomic mass is 35.5. The average Bonchev–Trinajstić information content (AvgIpc) is 2.19. The predicted octanol–water partition coefficient (Wildman–Crippen LogP) is 2.60. The Kier molecular flexibility index (Phi) is 4.41. The lowest BCUT2D eigenvalue weighted by molar-refractivity contribution is -0.0572. The fraction of sp³-hybridized carbons (Fsp3) is 0.455. The first kappa shape index (κ1) is 12.8. The van der Waals surface area contributed by atoms with E-state index in [4.69, 9.17) is 16.3 Å². The van der Waals surface area contributed by atoms with Crippen LogP contribution >= 0.6 is 24.0 Å². The molecule has 1 aliphatic rings. The third kappa shape index (κ3) is 2.85. The monoisotopic (exact) mass is 247 g/mol. The van der Waals surface area contributed by atoms with Gasteiger partial charge in [-0.05, 0) is 24.6 Å². The number of hydrogen-bond donors (Lipinski definition) is 1. The average molecular weight is 248 g/mol. The second-order valence-electron chi connectivity index (χ2n) is 3.76. The molecule has 1 saturated heterocycles. The molecule has 0 aliphatic carbocycles. The molecule has 1 fully saturated rings. The fourth-order valence-electron chi connectivity index (χ4n) is 1.71. The van der Waals surface area contributed by atoms with Crippen LogP contribution in [0.15, 0.2) is 24.3 Å². The van der Waals surface area contributed by atoms with Crippen molar-refractivity contribution in [3.8, 4) is 0 Å². The molecule has 1 aromatic carbocycles. The highest BCUT2D eigenvalue weighted by Gasteiger charge is 2.29. The molecule has 84 valence electrons. The maximum atomic E-state index is 5.84. The SMILES string of the molecule is CC1(c2ccc(Cl)cc2)CNCCO1.Cl. The van der Waals surface area contributed by atoms with Gasteiger partial charge in [0.1, 0.15) is 5.60 Å². The van der Waals surface area contributed by atoms with Crippen LogP contribution in [0.1, 0.15) is 12.5 Å². The summed E-state index contributed by atoms with van der Waals surface area (Å²) in [4.78, 5) is 0. The molecular weight excluding hydrogens is 233 g/mol. The first-order chi connectivity index (χ1) is 6.71. The number of ether oxygens (including phenoxy) is 1. The van der Waals surface area contributed by atoms with Crippen molar-refractivity contribution in [3.63, 3.8) is 0 Å². The molecule has 0 amide bonds. The molecule has 1 heterocycles. The number of benzene rings is 1. The van der Waals surface area contributed by atoms with E-state index in [1.165, 1.54) is 5.56 Å². The minimum absolute atomic E-state index is 0. The van der Waals surface area contributed by atoms with Gasteiger partial charge in [0, 0.05) is 18.1 Å². The van der Waals surface area contributed by atoms with E-state index in [-0.39, 0.29) is 18.0 Å². The number of rotatable bonds is 1. The number of hydrogen-bond acceptors (Lipinski definition) is 2. The molecule has 1 N–H and O–H groups in total. The predicted molar refractivity (Wildman–Crippen MR) is 64.9 cm³/mol. The molecule has 2 rings (SSSR count). The normalized spacial score (nSPS) is 25.7. The van der Waals surface area contributed by atoms with Crippen LogP contribution in [-0.4, -0.2) is 19.7 Å². The van der Waals surface area contributed by atoms with E-state index in [9.17, 15) is 0 Å². The summed E-state index contributed by atoms with van der Waals surface area (Å²) in [7, 11) is 0. The number of nitrogens with one attached hydrogen (secondary N) is 1. The second-order valence-corrected chi connectivity index (χ2v) is 4.20. The van der Waals surface area contributed by atoms with Crippen molar-refractivity contribution < 1.29 is 4.74 Å². The van der Waals surface area contributed by atoms with E-state index in [1.807, 2.05) is 24.3 Å². The topological polar surface area (TPSA) is 21.3 Å². The van der Waals surface area contributed by atoms with Crippen LogP contribution in [0.5, 0.6) is 0 Å². The molecule has 4 heteroatoms. The van der Waals surface area contributed by atoms with Gasteiger partial charge >= 0.3 is 0 Å². The Hall–Kier alpha value is -0.280. The molecule has 0 saturated carbocycles. The smallest absolute Gasteiger partial charge is 0.103 e. The number of morpholine rings is 1. The molecule has 1 aliphatic heterocycles. The lowest BCUT2D eigenvalue weighted by atomic mass is 9.95. The summed E-state index contributed by atoms with van der Waals surface area (Å²) in [6.45, 7) is 4.65. The third-order valence-corrected chi connectivity index (χ3v) is 2.87. The summed E-state index contributed by atoms with van der Waals surface area (Å²) in [5, 5.41) is 4.10. The Balaban J connectivity index is 0.00000112. The summed E-state index contributed by atoms with van der Waals surface area (Å²) < 4.78 is 5.79. The van der Waals surface area contributed by atoms with E-state index < -0.39 is 0 Å². The summed E-state index contributed by atoms with van der Waals surface area (Å²) in [6.07, 6.45) is 0. The van der Waals surface area contributed by atoms with E-state index in [0.29, 0.717) is 0 Å². The van der Waals surface area contributed by atoms with Crippen LogP contribution < -0.4 is 5.32 Å². The Morgan fingerprint density at radius 1 is 1.33 bits per heavy atom. The van der Waals surface area contributed by atoms with Crippen molar-refractivity contribution in [3.05, 3.63) is 34.9 Å². The summed E-state index contributed by atoms with van der Waals surface area (Å²) >= 11 is 5.84. The van der Waals surface area contributed by atoms with Crippen molar-refractivity contribution in [2.75, 3.05) is 19.7 Å². The van der Waals surface area contributed by atoms with Crippen LogP contribution in [0.2, 0.25) is 5.02 Å². The molecule has 1 unspecified atom stereocenters. The fourth-order valence-corrected chi connectivity index (χ4v) is 1.84. The third-order valence-electron chi connectivity index (χ3n) is 2.62. The largest absolute Gasteiger partial charge is 0.368 e. The van der Waals surface area contributed by atoms with Gasteiger partial charge in [0.25, 0.3) is 0 Å². The zero-order valence-electron chi connectivity index (χ0n) is 8.63. The van der Waals surface area contributed by atoms with Gasteiger partial charge in [-0.3, -0.25) is 0 Å². The molecule has 2 nitrogen and oxygen atoms in total. The van der Waals surface area contributed by atoms with E-state index in [0.717, 1.165) is 24.7 Å². The summed E-state index contributed by atoms with van der Waals surface area (Å²) in [6, 6.07) is 7.85. The standard InChI is InChI=1S/C11H14ClNO.ClH/c1-11(8-13-6-7-14-11)9-2-4-10(12)5-3-9;/h2-5,13H,6-8H2,1H3;1H. The van der Waals surface area contributed by atoms with E-state index >= 15 is 0 Å². The molecule has 1 aromatic rings. The lowest BCUT2D eigenvalue weighted by Crippen LogP contribution is -2.45. The molecule has 0 spiro atoms. The van der Waals surface area contributed by atoms with Crippen LogP contribution in [0, 0.1) is 0 Å². The first-order valence-electron chi connectivity index (χ1n) is 4.81. The Morgan fingerprint density at radius 2 is 2.00 bits per heavy atom. The Bertz CT molecular complexity index is 307. The van der Waals surface area contributed by atoms with Gasteiger partial charge in [0.2, 0.25) is 0 Å². The maximum absolute atomic E-state index is 5.84. The zero-order chi connectivity index (χ0) is 10.0. The molecule has 0 bridgehead atoms. The highest BCUT2D eigenvalue weighted by Crippen LogP contribution is 2.27. The van der Waals surface area contributed by atoms with Crippen molar-refractivity contribution in [1.82, 2.24) is 5.32 Å².